The Kier molecular flexibility index (Phi) is 6.12. The van der Waals surface area contributed by atoms with Crippen molar-refractivity contribution in [3.8, 4) is 0 Å². The molecule has 2 aromatic rings. The van der Waals surface area contributed by atoms with E-state index in [0.717, 1.165) is 25.9 Å². The molecule has 0 amide bonds. The van der Waals surface area contributed by atoms with Crippen molar-refractivity contribution in [2.75, 3.05) is 26.2 Å². The predicted octanol–water partition coefficient (Wildman–Crippen LogP) is 3.71. The molecule has 1 heterocycles. The number of hydrogen-bond acceptors (Lipinski definition) is 3. The van der Waals surface area contributed by atoms with E-state index < -0.39 is 10.0 Å². The molecule has 0 bridgehead atoms. The van der Waals surface area contributed by atoms with Crippen LogP contribution in [-0.4, -0.2) is 43.8 Å². The van der Waals surface area contributed by atoms with Gasteiger partial charge in [-0.3, -0.25) is 4.90 Å². The van der Waals surface area contributed by atoms with Crippen LogP contribution in [0.25, 0.3) is 0 Å². The Morgan fingerprint density at radius 1 is 0.923 bits per heavy atom. The van der Waals surface area contributed by atoms with E-state index >= 15 is 0 Å². The Bertz CT molecular complexity index is 796. The average Bonchev–Trinajstić information content (AvgIpc) is 2.69. The van der Waals surface area contributed by atoms with Gasteiger partial charge < -0.3 is 0 Å². The van der Waals surface area contributed by atoms with Crippen molar-refractivity contribution in [2.24, 2.45) is 0 Å². The maximum Gasteiger partial charge on any atom is 0.243 e. The number of sulfonamides is 1. The first-order chi connectivity index (χ1) is 12.5. The monoisotopic (exact) mass is 372 g/mol. The molecule has 2 aromatic carbocycles. The smallest absolute Gasteiger partial charge is 0.243 e. The molecule has 4 nitrogen and oxygen atoms in total. The Labute approximate surface area is 157 Å². The highest BCUT2D eigenvalue weighted by atomic mass is 32.2. The quantitative estimate of drug-likeness (QED) is 0.776. The van der Waals surface area contributed by atoms with Crippen LogP contribution in [0.3, 0.4) is 0 Å². The van der Waals surface area contributed by atoms with E-state index in [1.807, 2.05) is 18.2 Å². The largest absolute Gasteiger partial charge is 0.294 e. The fourth-order valence-electron chi connectivity index (χ4n) is 3.54. The molecule has 26 heavy (non-hydrogen) atoms. The minimum atomic E-state index is -3.40. The topological polar surface area (TPSA) is 40.6 Å². The van der Waals surface area contributed by atoms with Gasteiger partial charge in [-0.2, -0.15) is 4.31 Å². The van der Waals surface area contributed by atoms with E-state index in [9.17, 15) is 8.42 Å². The lowest BCUT2D eigenvalue weighted by atomic mass is 10.1. The minimum Gasteiger partial charge on any atom is -0.294 e. The van der Waals surface area contributed by atoms with Crippen molar-refractivity contribution in [1.29, 1.82) is 0 Å². The first-order valence-electron chi connectivity index (χ1n) is 9.40. The van der Waals surface area contributed by atoms with Crippen LogP contribution in [0.4, 0.5) is 0 Å². The molecule has 0 radical (unpaired) electrons. The van der Waals surface area contributed by atoms with Crippen molar-refractivity contribution in [3.63, 3.8) is 0 Å². The summed E-state index contributed by atoms with van der Waals surface area (Å²) in [4.78, 5) is 2.76. The third-order valence-corrected chi connectivity index (χ3v) is 7.12. The van der Waals surface area contributed by atoms with Crippen LogP contribution in [0.2, 0.25) is 0 Å². The molecule has 0 N–H and O–H groups in total. The normalized spacial score (nSPS) is 17.9. The zero-order valence-electron chi connectivity index (χ0n) is 15.6. The number of hydrogen-bond donors (Lipinski definition) is 0. The fourth-order valence-corrected chi connectivity index (χ4v) is 4.96. The van der Waals surface area contributed by atoms with Crippen molar-refractivity contribution >= 4 is 10.0 Å². The van der Waals surface area contributed by atoms with E-state index in [4.69, 9.17) is 0 Å². The zero-order chi connectivity index (χ0) is 18.6. The standard InChI is InChI=1S/C21H28N2O2S/c1-3-7-19-10-12-21(13-11-19)26(24,25)23-16-14-22(15-17-23)18(2)20-8-5-4-6-9-20/h4-6,8-13,18H,3,7,14-17H2,1-2H3. The van der Waals surface area contributed by atoms with Crippen LogP contribution in [0.15, 0.2) is 59.5 Å². The van der Waals surface area contributed by atoms with Gasteiger partial charge in [0.2, 0.25) is 10.0 Å². The molecule has 140 valence electrons. The highest BCUT2D eigenvalue weighted by molar-refractivity contribution is 7.89. The van der Waals surface area contributed by atoms with Crippen LogP contribution >= 0.6 is 0 Å². The Hall–Kier alpha value is -1.69. The second-order valence-electron chi connectivity index (χ2n) is 6.92. The maximum atomic E-state index is 12.9. The SMILES string of the molecule is CCCc1ccc(S(=O)(=O)N2CCN(C(C)c3ccccc3)CC2)cc1. The van der Waals surface area contributed by atoms with Crippen LogP contribution in [0.5, 0.6) is 0 Å². The lowest BCUT2D eigenvalue weighted by molar-refractivity contribution is 0.146. The summed E-state index contributed by atoms with van der Waals surface area (Å²) in [5.41, 5.74) is 2.46. The Morgan fingerprint density at radius 3 is 2.12 bits per heavy atom. The van der Waals surface area contributed by atoms with Gasteiger partial charge in [-0.25, -0.2) is 8.42 Å². The summed E-state index contributed by atoms with van der Waals surface area (Å²) < 4.78 is 27.4. The van der Waals surface area contributed by atoms with Gasteiger partial charge in [0, 0.05) is 32.2 Å². The summed E-state index contributed by atoms with van der Waals surface area (Å²) in [6.07, 6.45) is 2.05. The number of nitrogens with zero attached hydrogens (tertiary/aromatic N) is 2. The molecule has 5 heteroatoms. The Balaban J connectivity index is 1.65. The van der Waals surface area contributed by atoms with E-state index in [-0.39, 0.29) is 0 Å². The predicted molar refractivity (Wildman–Crippen MR) is 106 cm³/mol. The summed E-state index contributed by atoms with van der Waals surface area (Å²) in [7, 11) is -3.40. The molecule has 1 unspecified atom stereocenters. The molecule has 1 fully saturated rings. The van der Waals surface area contributed by atoms with E-state index in [1.165, 1.54) is 11.1 Å². The lowest BCUT2D eigenvalue weighted by Crippen LogP contribution is -2.49. The van der Waals surface area contributed by atoms with Gasteiger partial charge in [0.25, 0.3) is 0 Å². The van der Waals surface area contributed by atoms with Crippen molar-refractivity contribution in [3.05, 3.63) is 65.7 Å². The number of aryl methyl sites for hydroxylation is 1. The first-order valence-corrected chi connectivity index (χ1v) is 10.8. The van der Waals surface area contributed by atoms with E-state index in [2.05, 4.69) is 43.0 Å². The summed E-state index contributed by atoms with van der Waals surface area (Å²) in [5, 5.41) is 0. The second-order valence-corrected chi connectivity index (χ2v) is 8.86. The van der Waals surface area contributed by atoms with Crippen LogP contribution in [0.1, 0.15) is 37.4 Å². The molecular weight excluding hydrogens is 344 g/mol. The fraction of sp³-hybridized carbons (Fsp3) is 0.429. The van der Waals surface area contributed by atoms with E-state index in [1.54, 1.807) is 16.4 Å². The summed E-state index contributed by atoms with van der Waals surface area (Å²) >= 11 is 0. The second kappa shape index (κ2) is 8.33. The lowest BCUT2D eigenvalue weighted by Gasteiger charge is -2.37. The minimum absolute atomic E-state index is 0.300. The third-order valence-electron chi connectivity index (χ3n) is 5.20. The number of benzene rings is 2. The summed E-state index contributed by atoms with van der Waals surface area (Å²) in [6.45, 7) is 6.89. The van der Waals surface area contributed by atoms with Gasteiger partial charge in [-0.05, 0) is 36.6 Å². The molecule has 1 saturated heterocycles. The van der Waals surface area contributed by atoms with E-state index in [0.29, 0.717) is 24.0 Å². The van der Waals surface area contributed by atoms with Crippen LogP contribution in [0, 0.1) is 0 Å². The molecule has 1 aliphatic rings. The molecule has 0 spiro atoms. The van der Waals surface area contributed by atoms with Crippen LogP contribution in [-0.2, 0) is 16.4 Å². The third kappa shape index (κ3) is 4.17. The van der Waals surface area contributed by atoms with Crippen molar-refractivity contribution in [2.45, 2.75) is 37.6 Å². The molecule has 0 aromatic heterocycles. The van der Waals surface area contributed by atoms with Crippen LogP contribution < -0.4 is 0 Å². The number of rotatable bonds is 6. The molecule has 0 saturated carbocycles. The van der Waals surface area contributed by atoms with Gasteiger partial charge >= 0.3 is 0 Å². The maximum absolute atomic E-state index is 12.9. The van der Waals surface area contributed by atoms with Gasteiger partial charge in [0.1, 0.15) is 0 Å². The highest BCUT2D eigenvalue weighted by Gasteiger charge is 2.30. The van der Waals surface area contributed by atoms with Crippen molar-refractivity contribution in [1.82, 2.24) is 9.21 Å². The van der Waals surface area contributed by atoms with Gasteiger partial charge in [0.15, 0.2) is 0 Å². The molecular formula is C21H28N2O2S. The van der Waals surface area contributed by atoms with Gasteiger partial charge in [-0.15, -0.1) is 0 Å². The van der Waals surface area contributed by atoms with Crippen molar-refractivity contribution < 1.29 is 8.42 Å². The Morgan fingerprint density at radius 2 is 1.54 bits per heavy atom. The molecule has 1 atom stereocenters. The first kappa shape index (κ1) is 19.1. The average molecular weight is 373 g/mol. The molecule has 3 rings (SSSR count). The van der Waals surface area contributed by atoms with Gasteiger partial charge in [-0.1, -0.05) is 55.8 Å². The number of piperazine rings is 1. The highest BCUT2D eigenvalue weighted by Crippen LogP contribution is 2.24. The molecule has 0 aliphatic carbocycles. The summed E-state index contributed by atoms with van der Waals surface area (Å²) in [6, 6.07) is 18.1. The van der Waals surface area contributed by atoms with Gasteiger partial charge in [0.05, 0.1) is 4.90 Å². The molecule has 1 aliphatic heterocycles. The summed E-state index contributed by atoms with van der Waals surface area (Å²) in [5.74, 6) is 0. The zero-order valence-corrected chi connectivity index (χ0v) is 16.5.